The molecule has 0 aromatic heterocycles. The molecule has 0 amide bonds. The highest BCUT2D eigenvalue weighted by molar-refractivity contribution is 5.76. The summed E-state index contributed by atoms with van der Waals surface area (Å²) in [5, 5.41) is 0. The van der Waals surface area contributed by atoms with Crippen LogP contribution >= 0.6 is 0 Å². The predicted octanol–water partition coefficient (Wildman–Crippen LogP) is -4.26. The number of hydrogen-bond donors (Lipinski definition) is 1. The van der Waals surface area contributed by atoms with Gasteiger partial charge in [-0.05, 0) is 6.92 Å². The minimum Gasteiger partial charge on any atom is -1.00 e. The van der Waals surface area contributed by atoms with Gasteiger partial charge < -0.3 is 26.6 Å². The molecule has 0 aliphatic heterocycles. The molecule has 0 heterocycles. The number of hydrogen-bond acceptors (Lipinski definition) is 2. The molecule has 0 aromatic carbocycles. The molecule has 0 unspecified atom stereocenters. The first kappa shape index (κ1) is 13.6. The van der Waals surface area contributed by atoms with Gasteiger partial charge in [-0.1, -0.05) is 0 Å². The van der Waals surface area contributed by atoms with Crippen molar-refractivity contribution in [3.05, 3.63) is 0 Å². The van der Waals surface area contributed by atoms with Crippen LogP contribution in [-0.2, 0) is 9.53 Å². The largest absolute Gasteiger partial charge is 1.00 e. The Labute approximate surface area is 78.5 Å². The van der Waals surface area contributed by atoms with Crippen LogP contribution in [-0.4, -0.2) is 39.6 Å². The topological polar surface area (TPSA) is 30.7 Å². The fraction of sp³-hybridized carbons (Fsp3) is 0.857. The molecular weight excluding hydrogens is 210 g/mol. The molecule has 1 N–H and O–H groups in total. The maximum absolute atomic E-state index is 10.4. The van der Waals surface area contributed by atoms with Gasteiger partial charge in [0.1, 0.15) is 13.2 Å². The molecule has 0 atom stereocenters. The maximum Gasteiger partial charge on any atom is 0.155 e. The standard InChI is InChI=1S/C7H15NO2.BrH/c1-7(9)6-10-5-4-8(2)3;/h4-6H2,1-3H3;1H. The van der Waals surface area contributed by atoms with Crippen LogP contribution in [0.5, 0.6) is 0 Å². The lowest BCUT2D eigenvalue weighted by Crippen LogP contribution is -3.06. The lowest BCUT2D eigenvalue weighted by atomic mass is 10.5. The molecule has 0 radical (unpaired) electrons. The van der Waals surface area contributed by atoms with Crippen LogP contribution in [0.15, 0.2) is 0 Å². The van der Waals surface area contributed by atoms with E-state index in [4.69, 9.17) is 4.74 Å². The van der Waals surface area contributed by atoms with Gasteiger partial charge >= 0.3 is 0 Å². The second-order valence-electron chi connectivity index (χ2n) is 2.71. The Morgan fingerprint density at radius 1 is 1.45 bits per heavy atom. The van der Waals surface area contributed by atoms with E-state index in [0.29, 0.717) is 6.61 Å². The average molecular weight is 226 g/mol. The molecule has 68 valence electrons. The van der Waals surface area contributed by atoms with Gasteiger partial charge in [-0.15, -0.1) is 0 Å². The molecule has 0 spiro atoms. The van der Waals surface area contributed by atoms with Gasteiger partial charge in [0.05, 0.1) is 20.7 Å². The van der Waals surface area contributed by atoms with Crippen LogP contribution in [0.3, 0.4) is 0 Å². The smallest absolute Gasteiger partial charge is 0.155 e. The van der Waals surface area contributed by atoms with E-state index < -0.39 is 0 Å². The number of ketones is 1. The van der Waals surface area contributed by atoms with Gasteiger partial charge in [0.15, 0.2) is 5.78 Å². The highest BCUT2D eigenvalue weighted by Crippen LogP contribution is 1.72. The Bertz CT molecular complexity index is 107. The maximum atomic E-state index is 10.4. The van der Waals surface area contributed by atoms with Crippen LogP contribution in [0.2, 0.25) is 0 Å². The molecule has 0 fully saturated rings. The van der Waals surface area contributed by atoms with Gasteiger partial charge in [-0.25, -0.2) is 0 Å². The van der Waals surface area contributed by atoms with E-state index in [0.717, 1.165) is 6.54 Å². The normalized spacial score (nSPS) is 9.45. The summed E-state index contributed by atoms with van der Waals surface area (Å²) in [6.07, 6.45) is 0. The second kappa shape index (κ2) is 8.17. The zero-order chi connectivity index (χ0) is 7.98. The first-order chi connectivity index (χ1) is 4.63. The highest BCUT2D eigenvalue weighted by Gasteiger charge is 1.95. The number of likely N-dealkylation sites (N-methyl/N-ethyl adjacent to an activating group) is 1. The monoisotopic (exact) mass is 225 g/mol. The first-order valence-electron chi connectivity index (χ1n) is 3.49. The van der Waals surface area contributed by atoms with Crippen molar-refractivity contribution in [1.82, 2.24) is 0 Å². The molecule has 0 saturated carbocycles. The first-order valence-corrected chi connectivity index (χ1v) is 3.49. The Morgan fingerprint density at radius 2 is 2.00 bits per heavy atom. The lowest BCUT2D eigenvalue weighted by molar-refractivity contribution is -0.858. The van der Waals surface area contributed by atoms with E-state index in [2.05, 4.69) is 14.1 Å². The molecule has 4 heteroatoms. The van der Waals surface area contributed by atoms with E-state index in [-0.39, 0.29) is 29.4 Å². The van der Waals surface area contributed by atoms with Gasteiger partial charge in [-0.2, -0.15) is 0 Å². The van der Waals surface area contributed by atoms with Gasteiger partial charge in [0.2, 0.25) is 0 Å². The number of nitrogens with one attached hydrogen (secondary N) is 1. The summed E-state index contributed by atoms with van der Waals surface area (Å²) in [7, 11) is 4.11. The van der Waals surface area contributed by atoms with Crippen LogP contribution < -0.4 is 21.9 Å². The fourth-order valence-electron chi connectivity index (χ4n) is 0.492. The third-order valence-corrected chi connectivity index (χ3v) is 1.05. The highest BCUT2D eigenvalue weighted by atomic mass is 79.9. The van der Waals surface area contributed by atoms with Crippen LogP contribution in [0.25, 0.3) is 0 Å². The van der Waals surface area contributed by atoms with Crippen molar-refractivity contribution in [2.75, 3.05) is 33.9 Å². The summed E-state index contributed by atoms with van der Waals surface area (Å²) in [4.78, 5) is 11.7. The van der Waals surface area contributed by atoms with Crippen molar-refractivity contribution in [1.29, 1.82) is 0 Å². The summed E-state index contributed by atoms with van der Waals surface area (Å²) in [6.45, 7) is 3.41. The number of carbonyl (C=O) groups is 1. The summed E-state index contributed by atoms with van der Waals surface area (Å²) in [6, 6.07) is 0. The predicted molar refractivity (Wildman–Crippen MR) is 39.2 cm³/mol. The van der Waals surface area contributed by atoms with Crippen LogP contribution in [0.1, 0.15) is 6.92 Å². The molecule has 0 aliphatic rings. The van der Waals surface area contributed by atoms with Gasteiger partial charge in [0.25, 0.3) is 0 Å². The second-order valence-corrected chi connectivity index (χ2v) is 2.71. The number of quaternary nitrogens is 1. The van der Waals surface area contributed by atoms with Crippen molar-refractivity contribution >= 4 is 5.78 Å². The Hall–Kier alpha value is 0.0700. The summed E-state index contributed by atoms with van der Waals surface area (Å²) in [5.74, 6) is 0.0914. The van der Waals surface area contributed by atoms with Crippen molar-refractivity contribution in [2.45, 2.75) is 6.92 Å². The zero-order valence-corrected chi connectivity index (χ0v) is 8.90. The number of Topliss-reactive ketones (excluding diaryl/α,β-unsaturated/α-hetero) is 1. The minimum absolute atomic E-state index is 0. The van der Waals surface area contributed by atoms with E-state index in [1.165, 1.54) is 11.8 Å². The SMILES string of the molecule is CC(=O)COCC[NH+](C)C.[Br-]. The Morgan fingerprint density at radius 3 is 2.36 bits per heavy atom. The number of rotatable bonds is 5. The zero-order valence-electron chi connectivity index (χ0n) is 7.32. The quantitative estimate of drug-likeness (QED) is 0.481. The number of halogens is 1. The van der Waals surface area contributed by atoms with Crippen molar-refractivity contribution in [3.63, 3.8) is 0 Å². The fourth-order valence-corrected chi connectivity index (χ4v) is 0.492. The Kier molecular flexibility index (Phi) is 10.1. The van der Waals surface area contributed by atoms with E-state index in [9.17, 15) is 4.79 Å². The summed E-state index contributed by atoms with van der Waals surface area (Å²) < 4.78 is 5.04. The van der Waals surface area contributed by atoms with Crippen molar-refractivity contribution in [2.24, 2.45) is 0 Å². The van der Waals surface area contributed by atoms with Gasteiger partial charge in [0, 0.05) is 0 Å². The molecule has 0 saturated heterocycles. The number of carbonyl (C=O) groups excluding carboxylic acids is 1. The number of ether oxygens (including phenoxy) is 1. The average Bonchev–Trinajstić information content (AvgIpc) is 1.79. The molecule has 0 rings (SSSR count). The third-order valence-electron chi connectivity index (χ3n) is 1.05. The molecule has 0 bridgehead atoms. The molecular formula is C7H16BrNO2. The molecule has 0 aromatic rings. The van der Waals surface area contributed by atoms with Crippen LogP contribution in [0.4, 0.5) is 0 Å². The molecule has 3 nitrogen and oxygen atoms in total. The van der Waals surface area contributed by atoms with Crippen molar-refractivity contribution in [3.8, 4) is 0 Å². The molecule has 11 heavy (non-hydrogen) atoms. The van der Waals surface area contributed by atoms with Crippen molar-refractivity contribution < 1.29 is 31.4 Å². The van der Waals surface area contributed by atoms with E-state index in [1.54, 1.807) is 0 Å². The Balaban J connectivity index is 0. The lowest BCUT2D eigenvalue weighted by Gasteiger charge is -2.05. The van der Waals surface area contributed by atoms with Crippen LogP contribution in [0, 0.1) is 0 Å². The minimum atomic E-state index is 0. The third kappa shape index (κ3) is 13.1. The summed E-state index contributed by atoms with van der Waals surface area (Å²) >= 11 is 0. The van der Waals surface area contributed by atoms with Gasteiger partial charge in [-0.3, -0.25) is 4.79 Å². The van der Waals surface area contributed by atoms with E-state index >= 15 is 0 Å². The molecule has 0 aliphatic carbocycles. The van der Waals surface area contributed by atoms with E-state index in [1.807, 2.05) is 0 Å². The summed E-state index contributed by atoms with van der Waals surface area (Å²) in [5.41, 5.74) is 0.